The van der Waals surface area contributed by atoms with Gasteiger partial charge in [0.2, 0.25) is 0 Å². The number of morpholine rings is 1. The fourth-order valence-electron chi connectivity index (χ4n) is 3.54. The lowest BCUT2D eigenvalue weighted by atomic mass is 9.92. The SMILES string of the molecule is CC(C)N1CCOC(COC2CCC3(CC2)OCCO3)C1. The van der Waals surface area contributed by atoms with Crippen molar-refractivity contribution in [3.05, 3.63) is 0 Å². The van der Waals surface area contributed by atoms with E-state index in [1.54, 1.807) is 0 Å². The minimum atomic E-state index is -0.282. The first kappa shape index (κ1) is 15.7. The molecular weight excluding hydrogens is 270 g/mol. The monoisotopic (exact) mass is 299 g/mol. The van der Waals surface area contributed by atoms with Gasteiger partial charge in [0.05, 0.1) is 38.6 Å². The van der Waals surface area contributed by atoms with Gasteiger partial charge in [-0.1, -0.05) is 0 Å². The van der Waals surface area contributed by atoms with Crippen molar-refractivity contribution in [2.75, 3.05) is 39.5 Å². The first-order valence-electron chi connectivity index (χ1n) is 8.42. The molecule has 0 N–H and O–H groups in total. The van der Waals surface area contributed by atoms with Crippen molar-refractivity contribution in [1.29, 1.82) is 0 Å². The molecule has 0 bridgehead atoms. The molecule has 0 amide bonds. The van der Waals surface area contributed by atoms with Crippen LogP contribution in [0.1, 0.15) is 39.5 Å². The summed E-state index contributed by atoms with van der Waals surface area (Å²) in [6.45, 7) is 9.52. The highest BCUT2D eigenvalue weighted by Gasteiger charge is 2.40. The van der Waals surface area contributed by atoms with Gasteiger partial charge in [-0.2, -0.15) is 0 Å². The third-order valence-corrected chi connectivity index (χ3v) is 4.93. The van der Waals surface area contributed by atoms with E-state index in [1.165, 1.54) is 0 Å². The van der Waals surface area contributed by atoms with Crippen molar-refractivity contribution in [2.24, 2.45) is 0 Å². The topological polar surface area (TPSA) is 40.2 Å². The van der Waals surface area contributed by atoms with Crippen molar-refractivity contribution in [1.82, 2.24) is 4.90 Å². The lowest BCUT2D eigenvalue weighted by molar-refractivity contribution is -0.195. The Morgan fingerprint density at radius 1 is 1.14 bits per heavy atom. The van der Waals surface area contributed by atoms with Gasteiger partial charge in [-0.25, -0.2) is 0 Å². The number of hydrogen-bond donors (Lipinski definition) is 0. The molecule has 3 rings (SSSR count). The van der Waals surface area contributed by atoms with Crippen molar-refractivity contribution in [2.45, 2.75) is 63.6 Å². The third-order valence-electron chi connectivity index (χ3n) is 4.93. The fraction of sp³-hybridized carbons (Fsp3) is 1.00. The van der Waals surface area contributed by atoms with E-state index in [0.29, 0.717) is 18.8 Å². The summed E-state index contributed by atoms with van der Waals surface area (Å²) < 4.78 is 23.4. The standard InChI is InChI=1S/C16H29NO4/c1-13(2)17-7-8-18-15(11-17)12-19-14-3-5-16(6-4-14)20-9-10-21-16/h13-15H,3-12H2,1-2H3. The van der Waals surface area contributed by atoms with E-state index in [9.17, 15) is 0 Å². The molecular formula is C16H29NO4. The van der Waals surface area contributed by atoms with E-state index in [2.05, 4.69) is 18.7 Å². The van der Waals surface area contributed by atoms with Crippen molar-refractivity contribution in [3.63, 3.8) is 0 Å². The maximum Gasteiger partial charge on any atom is 0.168 e. The van der Waals surface area contributed by atoms with Gasteiger partial charge in [0.1, 0.15) is 0 Å². The van der Waals surface area contributed by atoms with Crippen molar-refractivity contribution >= 4 is 0 Å². The molecule has 21 heavy (non-hydrogen) atoms. The quantitative estimate of drug-likeness (QED) is 0.791. The second-order valence-corrected chi connectivity index (χ2v) is 6.72. The van der Waals surface area contributed by atoms with Crippen LogP contribution in [-0.4, -0.2) is 68.5 Å². The number of ether oxygens (including phenoxy) is 4. The van der Waals surface area contributed by atoms with Gasteiger partial charge in [0, 0.05) is 32.0 Å². The molecule has 1 saturated carbocycles. The summed E-state index contributed by atoms with van der Waals surface area (Å²) in [4.78, 5) is 2.47. The number of rotatable bonds is 4. The predicted octanol–water partition coefficient (Wildman–Crippen LogP) is 1.80. The Hall–Kier alpha value is -0.200. The summed E-state index contributed by atoms with van der Waals surface area (Å²) in [5.74, 6) is -0.282. The van der Waals surface area contributed by atoms with Gasteiger partial charge in [-0.3, -0.25) is 4.90 Å². The molecule has 5 heteroatoms. The van der Waals surface area contributed by atoms with Crippen LogP contribution >= 0.6 is 0 Å². The van der Waals surface area contributed by atoms with Gasteiger partial charge in [0.15, 0.2) is 5.79 Å². The zero-order valence-corrected chi connectivity index (χ0v) is 13.4. The molecule has 1 spiro atoms. The van der Waals surface area contributed by atoms with Gasteiger partial charge >= 0.3 is 0 Å². The molecule has 1 unspecified atom stereocenters. The van der Waals surface area contributed by atoms with Crippen LogP contribution in [0.25, 0.3) is 0 Å². The highest BCUT2D eigenvalue weighted by molar-refractivity contribution is 4.83. The first-order chi connectivity index (χ1) is 10.2. The largest absolute Gasteiger partial charge is 0.375 e. The molecule has 3 fully saturated rings. The molecule has 122 valence electrons. The van der Waals surface area contributed by atoms with Crippen molar-refractivity contribution < 1.29 is 18.9 Å². The highest BCUT2D eigenvalue weighted by Crippen LogP contribution is 2.36. The maximum atomic E-state index is 6.09. The third kappa shape index (κ3) is 3.96. The molecule has 2 saturated heterocycles. The zero-order valence-electron chi connectivity index (χ0n) is 13.4. The Kier molecular flexibility index (Phi) is 5.17. The summed E-state index contributed by atoms with van der Waals surface area (Å²) >= 11 is 0. The van der Waals surface area contributed by atoms with Crippen LogP contribution in [-0.2, 0) is 18.9 Å². The molecule has 0 radical (unpaired) electrons. The lowest BCUT2D eigenvalue weighted by Gasteiger charge is -2.38. The smallest absolute Gasteiger partial charge is 0.168 e. The minimum absolute atomic E-state index is 0.219. The van der Waals surface area contributed by atoms with Crippen LogP contribution in [0.3, 0.4) is 0 Å². The van der Waals surface area contributed by atoms with Gasteiger partial charge < -0.3 is 18.9 Å². The first-order valence-corrected chi connectivity index (χ1v) is 8.42. The molecule has 1 atom stereocenters. The minimum Gasteiger partial charge on any atom is -0.375 e. The van der Waals surface area contributed by atoms with Gasteiger partial charge in [0.25, 0.3) is 0 Å². The van der Waals surface area contributed by atoms with Crippen LogP contribution < -0.4 is 0 Å². The van der Waals surface area contributed by atoms with E-state index in [1.807, 2.05) is 0 Å². The van der Waals surface area contributed by atoms with Crippen molar-refractivity contribution in [3.8, 4) is 0 Å². The van der Waals surface area contributed by atoms with Crippen LogP contribution in [0.2, 0.25) is 0 Å². The molecule has 2 aliphatic heterocycles. The Morgan fingerprint density at radius 3 is 2.52 bits per heavy atom. The highest BCUT2D eigenvalue weighted by atomic mass is 16.7. The van der Waals surface area contributed by atoms with E-state index in [4.69, 9.17) is 18.9 Å². The molecule has 0 aromatic rings. The van der Waals surface area contributed by atoms with Crippen LogP contribution in [0, 0.1) is 0 Å². The molecule has 5 nitrogen and oxygen atoms in total. The predicted molar refractivity (Wildman–Crippen MR) is 79.3 cm³/mol. The van der Waals surface area contributed by atoms with Crippen LogP contribution in [0.15, 0.2) is 0 Å². The summed E-state index contributed by atoms with van der Waals surface area (Å²) in [6.07, 6.45) is 4.53. The van der Waals surface area contributed by atoms with Gasteiger partial charge in [-0.15, -0.1) is 0 Å². The van der Waals surface area contributed by atoms with E-state index < -0.39 is 0 Å². The fourth-order valence-corrected chi connectivity index (χ4v) is 3.54. The lowest BCUT2D eigenvalue weighted by Crippen LogP contribution is -2.48. The summed E-state index contributed by atoms with van der Waals surface area (Å²) in [6, 6.07) is 0.586. The molecule has 3 aliphatic rings. The summed E-state index contributed by atoms with van der Waals surface area (Å²) in [5, 5.41) is 0. The zero-order chi connectivity index (χ0) is 14.7. The van der Waals surface area contributed by atoms with E-state index in [-0.39, 0.29) is 11.9 Å². The molecule has 2 heterocycles. The summed E-state index contributed by atoms with van der Waals surface area (Å²) in [5.41, 5.74) is 0. The summed E-state index contributed by atoms with van der Waals surface area (Å²) in [7, 11) is 0. The van der Waals surface area contributed by atoms with E-state index in [0.717, 1.165) is 58.6 Å². The normalized spacial score (nSPS) is 31.3. The maximum absolute atomic E-state index is 6.09. The van der Waals surface area contributed by atoms with Crippen LogP contribution in [0.4, 0.5) is 0 Å². The van der Waals surface area contributed by atoms with Crippen LogP contribution in [0.5, 0.6) is 0 Å². The number of hydrogen-bond acceptors (Lipinski definition) is 5. The Morgan fingerprint density at radius 2 is 1.86 bits per heavy atom. The molecule has 0 aromatic heterocycles. The molecule has 1 aliphatic carbocycles. The second-order valence-electron chi connectivity index (χ2n) is 6.72. The second kappa shape index (κ2) is 6.92. The van der Waals surface area contributed by atoms with E-state index >= 15 is 0 Å². The Labute approximate surface area is 127 Å². The Balaban J connectivity index is 1.38. The molecule has 0 aromatic carbocycles. The average molecular weight is 299 g/mol. The Bertz CT molecular complexity index is 320. The van der Waals surface area contributed by atoms with Gasteiger partial charge in [-0.05, 0) is 26.7 Å². The average Bonchev–Trinajstić information content (AvgIpc) is 2.95. The number of nitrogens with zero attached hydrogens (tertiary/aromatic N) is 1.